The topological polar surface area (TPSA) is 85.7 Å². The van der Waals surface area contributed by atoms with E-state index in [9.17, 15) is 9.59 Å². The van der Waals surface area contributed by atoms with Gasteiger partial charge in [0.05, 0.1) is 24.8 Å². The lowest BCUT2D eigenvalue weighted by Gasteiger charge is -2.32. The van der Waals surface area contributed by atoms with Crippen LogP contribution in [0.1, 0.15) is 39.1 Å². The first-order valence-corrected chi connectivity index (χ1v) is 11.7. The first kappa shape index (κ1) is 23.8. The van der Waals surface area contributed by atoms with Crippen LogP contribution in [0.4, 0.5) is 0 Å². The van der Waals surface area contributed by atoms with E-state index in [1.54, 1.807) is 14.2 Å². The summed E-state index contributed by atoms with van der Waals surface area (Å²) in [6.07, 6.45) is 3.87. The summed E-state index contributed by atoms with van der Waals surface area (Å²) in [5, 5.41) is 8.60. The lowest BCUT2D eigenvalue weighted by molar-refractivity contribution is 0.0678. The number of nitrogens with zero attached hydrogens (tertiary/aromatic N) is 3. The van der Waals surface area contributed by atoms with Crippen molar-refractivity contribution in [3.05, 3.63) is 59.3 Å². The molecule has 2 amide bonds. The van der Waals surface area contributed by atoms with Gasteiger partial charge in [0.15, 0.2) is 0 Å². The first-order chi connectivity index (χ1) is 16.5. The number of carbonyl (C=O) groups excluding carboxylic acids is 2. The number of likely N-dealkylation sites (tertiary alicyclic amines) is 1. The van der Waals surface area contributed by atoms with Crippen molar-refractivity contribution in [2.24, 2.45) is 5.92 Å². The Balaban J connectivity index is 1.38. The molecule has 0 saturated carbocycles. The summed E-state index contributed by atoms with van der Waals surface area (Å²) in [4.78, 5) is 27.4. The number of methoxy groups -OCH3 is 2. The van der Waals surface area contributed by atoms with Crippen LogP contribution in [0.25, 0.3) is 10.9 Å². The molecule has 8 heteroatoms. The summed E-state index contributed by atoms with van der Waals surface area (Å²) < 4.78 is 12.3. The molecule has 2 heterocycles. The van der Waals surface area contributed by atoms with E-state index in [0.717, 1.165) is 35.9 Å². The Bertz CT molecular complexity index is 1160. The van der Waals surface area contributed by atoms with Gasteiger partial charge in [-0.1, -0.05) is 12.1 Å². The Morgan fingerprint density at radius 3 is 2.59 bits per heavy atom. The zero-order valence-corrected chi connectivity index (χ0v) is 20.0. The Morgan fingerprint density at radius 1 is 1.09 bits per heavy atom. The summed E-state index contributed by atoms with van der Waals surface area (Å²) in [5.74, 6) is 0.970. The Hall–Kier alpha value is -3.39. The Morgan fingerprint density at radius 2 is 1.85 bits per heavy atom. The van der Waals surface area contributed by atoms with Gasteiger partial charge in [0.25, 0.3) is 11.8 Å². The summed E-state index contributed by atoms with van der Waals surface area (Å²) in [6.45, 7) is 5.14. The molecule has 2 aromatic carbocycles. The van der Waals surface area contributed by atoms with E-state index >= 15 is 0 Å². The van der Waals surface area contributed by atoms with Crippen LogP contribution in [-0.4, -0.2) is 67.0 Å². The van der Waals surface area contributed by atoms with Gasteiger partial charge in [0.2, 0.25) is 0 Å². The van der Waals surface area contributed by atoms with Crippen LogP contribution in [0.5, 0.6) is 5.75 Å². The van der Waals surface area contributed by atoms with Gasteiger partial charge in [-0.25, -0.2) is 0 Å². The number of para-hydroxylation sites is 1. The number of hydrogen-bond acceptors (Lipinski definition) is 5. The van der Waals surface area contributed by atoms with E-state index in [1.807, 2.05) is 59.1 Å². The van der Waals surface area contributed by atoms with Crippen LogP contribution < -0.4 is 10.1 Å². The maximum atomic E-state index is 13.0. The number of nitrogens with one attached hydrogen (secondary N) is 1. The monoisotopic (exact) mass is 464 g/mol. The third-order valence-electron chi connectivity index (χ3n) is 6.53. The van der Waals surface area contributed by atoms with E-state index in [4.69, 9.17) is 14.6 Å². The standard InChI is InChI=1S/C26H32N4O4/c1-18-20(25(31)27-12-15-33-2)8-9-23-22(18)17-30(28-23)16-19-10-13-29(14-11-19)26(32)21-6-4-5-7-24(21)34-3/h4-9,17,19H,10-16H2,1-3H3,(H,27,31). The fourth-order valence-corrected chi connectivity index (χ4v) is 4.56. The zero-order valence-electron chi connectivity index (χ0n) is 20.0. The van der Waals surface area contributed by atoms with Crippen LogP contribution in [0.2, 0.25) is 0 Å². The number of aromatic nitrogens is 2. The Labute approximate surface area is 199 Å². The van der Waals surface area contributed by atoms with Crippen molar-refractivity contribution in [3.8, 4) is 5.75 Å². The molecule has 0 spiro atoms. The molecule has 0 aliphatic carbocycles. The highest BCUT2D eigenvalue weighted by molar-refractivity contribution is 6.00. The molecule has 0 bridgehead atoms. The number of carbonyl (C=O) groups is 2. The quantitative estimate of drug-likeness (QED) is 0.517. The van der Waals surface area contributed by atoms with Crippen molar-refractivity contribution in [1.82, 2.24) is 20.0 Å². The van der Waals surface area contributed by atoms with Crippen molar-refractivity contribution in [1.29, 1.82) is 0 Å². The summed E-state index contributed by atoms with van der Waals surface area (Å²) >= 11 is 0. The van der Waals surface area contributed by atoms with E-state index in [2.05, 4.69) is 5.32 Å². The van der Waals surface area contributed by atoms with Crippen LogP contribution in [0.3, 0.4) is 0 Å². The molecule has 34 heavy (non-hydrogen) atoms. The molecule has 0 unspecified atom stereocenters. The second-order valence-corrected chi connectivity index (χ2v) is 8.71. The first-order valence-electron chi connectivity index (χ1n) is 11.7. The largest absolute Gasteiger partial charge is 0.496 e. The zero-order chi connectivity index (χ0) is 24.1. The predicted octanol–water partition coefficient (Wildman–Crippen LogP) is 3.28. The number of amides is 2. The van der Waals surface area contributed by atoms with Crippen molar-refractivity contribution >= 4 is 22.7 Å². The van der Waals surface area contributed by atoms with Gasteiger partial charge in [0.1, 0.15) is 5.75 Å². The fraction of sp³-hybridized carbons (Fsp3) is 0.423. The molecule has 4 rings (SSSR count). The normalized spacial score (nSPS) is 14.4. The molecule has 180 valence electrons. The minimum absolute atomic E-state index is 0.0210. The molecular formula is C26H32N4O4. The SMILES string of the molecule is COCCNC(=O)c1ccc2nn(CC3CCN(C(=O)c4ccccc4OC)CC3)cc2c1C. The lowest BCUT2D eigenvalue weighted by atomic mass is 9.96. The number of ether oxygens (including phenoxy) is 2. The lowest BCUT2D eigenvalue weighted by Crippen LogP contribution is -2.39. The molecule has 1 N–H and O–H groups in total. The molecule has 1 aromatic heterocycles. The summed E-state index contributed by atoms with van der Waals surface area (Å²) in [5.41, 5.74) is 3.08. The van der Waals surface area contributed by atoms with Gasteiger partial charge in [-0.2, -0.15) is 5.10 Å². The van der Waals surface area contributed by atoms with Gasteiger partial charge < -0.3 is 19.7 Å². The number of fused-ring (bicyclic) bond motifs is 1. The molecule has 0 atom stereocenters. The van der Waals surface area contributed by atoms with Gasteiger partial charge in [0, 0.05) is 50.4 Å². The van der Waals surface area contributed by atoms with Crippen molar-refractivity contribution in [2.75, 3.05) is 40.5 Å². The molecule has 1 fully saturated rings. The van der Waals surface area contributed by atoms with E-state index < -0.39 is 0 Å². The number of benzene rings is 2. The number of rotatable bonds is 8. The van der Waals surface area contributed by atoms with Crippen LogP contribution in [0, 0.1) is 12.8 Å². The van der Waals surface area contributed by atoms with Gasteiger partial charge in [-0.3, -0.25) is 14.3 Å². The minimum Gasteiger partial charge on any atom is -0.496 e. The maximum Gasteiger partial charge on any atom is 0.257 e. The average Bonchev–Trinajstić information content (AvgIpc) is 3.28. The smallest absolute Gasteiger partial charge is 0.257 e. The highest BCUT2D eigenvalue weighted by Gasteiger charge is 2.26. The maximum absolute atomic E-state index is 13.0. The third kappa shape index (κ3) is 5.07. The van der Waals surface area contributed by atoms with Crippen LogP contribution in [-0.2, 0) is 11.3 Å². The second kappa shape index (κ2) is 10.7. The molecule has 1 saturated heterocycles. The molecular weight excluding hydrogens is 432 g/mol. The molecule has 1 aliphatic rings. The van der Waals surface area contributed by atoms with Crippen molar-refractivity contribution in [2.45, 2.75) is 26.3 Å². The summed E-state index contributed by atoms with van der Waals surface area (Å²) in [6, 6.07) is 11.1. The predicted molar refractivity (Wildman–Crippen MR) is 130 cm³/mol. The van der Waals surface area contributed by atoms with Crippen LogP contribution in [0.15, 0.2) is 42.6 Å². The minimum atomic E-state index is -0.101. The van der Waals surface area contributed by atoms with Crippen molar-refractivity contribution in [3.63, 3.8) is 0 Å². The fourth-order valence-electron chi connectivity index (χ4n) is 4.56. The number of piperidine rings is 1. The third-order valence-corrected chi connectivity index (χ3v) is 6.53. The van der Waals surface area contributed by atoms with Gasteiger partial charge >= 0.3 is 0 Å². The molecule has 3 aromatic rings. The molecule has 8 nitrogen and oxygen atoms in total. The molecule has 0 radical (unpaired) electrons. The highest BCUT2D eigenvalue weighted by atomic mass is 16.5. The average molecular weight is 465 g/mol. The second-order valence-electron chi connectivity index (χ2n) is 8.71. The van der Waals surface area contributed by atoms with Gasteiger partial charge in [-0.05, 0) is 55.5 Å². The van der Waals surface area contributed by atoms with E-state index in [-0.39, 0.29) is 11.8 Å². The Kier molecular flexibility index (Phi) is 7.47. The summed E-state index contributed by atoms with van der Waals surface area (Å²) in [7, 11) is 3.20. The number of hydrogen-bond donors (Lipinski definition) is 1. The highest BCUT2D eigenvalue weighted by Crippen LogP contribution is 2.26. The van der Waals surface area contributed by atoms with E-state index in [1.165, 1.54) is 0 Å². The van der Waals surface area contributed by atoms with Gasteiger partial charge in [-0.15, -0.1) is 0 Å². The van der Waals surface area contributed by atoms with E-state index in [0.29, 0.717) is 49.0 Å². The molecule has 1 aliphatic heterocycles. The number of aryl methyl sites for hydroxylation is 1. The van der Waals surface area contributed by atoms with Crippen molar-refractivity contribution < 1.29 is 19.1 Å². The van der Waals surface area contributed by atoms with Crippen LogP contribution >= 0.6 is 0 Å².